The molecule has 3 nitrogen and oxygen atoms in total. The van der Waals surface area contributed by atoms with Crippen LogP contribution >= 0.6 is 0 Å². The maximum Gasteiger partial charge on any atom is 0.420 e. The molecule has 2 aromatic carbocycles. The number of fused-ring (bicyclic) bond motifs is 1. The third kappa shape index (κ3) is 5.79. The van der Waals surface area contributed by atoms with E-state index >= 15 is 0 Å². The number of likely N-dealkylation sites (tertiary alicyclic amines) is 1. The van der Waals surface area contributed by atoms with Gasteiger partial charge in [0.05, 0.1) is 11.9 Å². The lowest BCUT2D eigenvalue weighted by Crippen LogP contribution is -2.37. The van der Waals surface area contributed by atoms with Gasteiger partial charge in [0.15, 0.2) is 0 Å². The minimum atomic E-state index is -4.50. The molecule has 4 rings (SSSR count). The molecule has 1 unspecified atom stereocenters. The molecule has 192 valence electrons. The summed E-state index contributed by atoms with van der Waals surface area (Å²) in [6.45, 7) is 9.49. The standard InChI is InChI=1S/C29H38F3NO2/c1-4-20-6-11-24(12-7-20)35-27-13-10-22-8-9-23(18-25(22)28(27)29(30,31)32)26(5-2)33-16-14-21(15-17-33)19(3)34/h8-10,13,18,20-21,24,26,34H,3-7,11-12,14-17H2,1-2H3. The summed E-state index contributed by atoms with van der Waals surface area (Å²) in [5, 5.41) is 10.5. The fourth-order valence-corrected chi connectivity index (χ4v) is 6.00. The van der Waals surface area contributed by atoms with E-state index < -0.39 is 11.7 Å². The average Bonchev–Trinajstić information content (AvgIpc) is 2.84. The van der Waals surface area contributed by atoms with Crippen LogP contribution in [0.4, 0.5) is 13.2 Å². The number of aliphatic hydroxyl groups is 1. The first-order valence-corrected chi connectivity index (χ1v) is 13.1. The van der Waals surface area contributed by atoms with E-state index in [-0.39, 0.29) is 35.0 Å². The van der Waals surface area contributed by atoms with Crippen molar-refractivity contribution in [2.45, 2.75) is 83.5 Å². The first-order chi connectivity index (χ1) is 16.7. The Morgan fingerprint density at radius 1 is 1.06 bits per heavy atom. The van der Waals surface area contributed by atoms with Crippen LogP contribution in [0, 0.1) is 11.8 Å². The van der Waals surface area contributed by atoms with E-state index in [2.05, 4.69) is 25.3 Å². The fourth-order valence-electron chi connectivity index (χ4n) is 6.00. The van der Waals surface area contributed by atoms with Gasteiger partial charge in [-0.3, -0.25) is 4.90 Å². The quantitative estimate of drug-likeness (QED) is 0.396. The summed E-state index contributed by atoms with van der Waals surface area (Å²) in [4.78, 5) is 2.32. The van der Waals surface area contributed by atoms with E-state index in [9.17, 15) is 18.3 Å². The Bertz CT molecular complexity index is 1020. The third-order valence-corrected chi connectivity index (χ3v) is 8.17. The van der Waals surface area contributed by atoms with Crippen LogP contribution < -0.4 is 4.74 Å². The molecule has 0 amide bonds. The Morgan fingerprint density at radius 2 is 1.71 bits per heavy atom. The molecule has 1 aliphatic carbocycles. The Kier molecular flexibility index (Phi) is 7.99. The molecule has 0 bridgehead atoms. The summed E-state index contributed by atoms with van der Waals surface area (Å²) < 4.78 is 49.3. The number of halogens is 3. The van der Waals surface area contributed by atoms with Gasteiger partial charge in [0.2, 0.25) is 0 Å². The highest BCUT2D eigenvalue weighted by molar-refractivity contribution is 5.89. The first kappa shape index (κ1) is 25.9. The summed E-state index contributed by atoms with van der Waals surface area (Å²) in [6, 6.07) is 8.77. The van der Waals surface area contributed by atoms with Gasteiger partial charge in [-0.2, -0.15) is 13.2 Å². The predicted molar refractivity (Wildman–Crippen MR) is 135 cm³/mol. The second-order valence-electron chi connectivity index (χ2n) is 10.3. The first-order valence-electron chi connectivity index (χ1n) is 13.1. The lowest BCUT2D eigenvalue weighted by atomic mass is 9.86. The smallest absolute Gasteiger partial charge is 0.420 e. The maximum atomic E-state index is 14.4. The van der Waals surface area contributed by atoms with Crippen LogP contribution in [0.5, 0.6) is 5.75 Å². The SMILES string of the molecule is C=C(O)C1CCN(C(CC)c2ccc3ccc(OC4CCC(CC)CC4)c(C(F)(F)F)c3c2)CC1. The summed E-state index contributed by atoms with van der Waals surface area (Å²) >= 11 is 0. The molecule has 0 radical (unpaired) electrons. The number of alkyl halides is 3. The van der Waals surface area contributed by atoms with Gasteiger partial charge in [0.25, 0.3) is 0 Å². The van der Waals surface area contributed by atoms with E-state index in [4.69, 9.17) is 4.74 Å². The zero-order chi connectivity index (χ0) is 25.2. The summed E-state index contributed by atoms with van der Waals surface area (Å²) in [5.74, 6) is 0.943. The molecule has 2 fully saturated rings. The van der Waals surface area contributed by atoms with Crippen LogP contribution in [-0.2, 0) is 6.18 Å². The number of aliphatic hydroxyl groups excluding tert-OH is 1. The molecule has 1 aliphatic heterocycles. The Balaban J connectivity index is 1.64. The molecule has 35 heavy (non-hydrogen) atoms. The summed E-state index contributed by atoms with van der Waals surface area (Å²) in [6.07, 6.45) is 2.51. The van der Waals surface area contributed by atoms with Crippen LogP contribution in [-0.4, -0.2) is 29.2 Å². The van der Waals surface area contributed by atoms with Crippen molar-refractivity contribution in [1.82, 2.24) is 4.90 Å². The largest absolute Gasteiger partial charge is 0.513 e. The normalized spacial score (nSPS) is 23.3. The highest BCUT2D eigenvalue weighted by Gasteiger charge is 2.38. The van der Waals surface area contributed by atoms with Crippen molar-refractivity contribution in [3.05, 3.63) is 53.8 Å². The molecule has 1 saturated carbocycles. The summed E-state index contributed by atoms with van der Waals surface area (Å²) in [7, 11) is 0. The van der Waals surface area contributed by atoms with Crippen molar-refractivity contribution in [1.29, 1.82) is 0 Å². The molecule has 0 spiro atoms. The number of allylic oxidation sites excluding steroid dienone is 1. The topological polar surface area (TPSA) is 32.7 Å². The van der Waals surface area contributed by atoms with Crippen molar-refractivity contribution >= 4 is 10.8 Å². The highest BCUT2D eigenvalue weighted by atomic mass is 19.4. The predicted octanol–water partition coefficient (Wildman–Crippen LogP) is 8.44. The van der Waals surface area contributed by atoms with Gasteiger partial charge in [-0.05, 0) is 92.4 Å². The van der Waals surface area contributed by atoms with Crippen LogP contribution in [0.15, 0.2) is 42.7 Å². The van der Waals surface area contributed by atoms with Gasteiger partial charge in [-0.25, -0.2) is 0 Å². The molecule has 1 atom stereocenters. The zero-order valence-electron chi connectivity index (χ0n) is 20.9. The van der Waals surface area contributed by atoms with Crippen LogP contribution in [0.3, 0.4) is 0 Å². The molecule has 1 heterocycles. The second kappa shape index (κ2) is 10.8. The number of nitrogens with zero attached hydrogens (tertiary/aromatic N) is 1. The minimum absolute atomic E-state index is 0.0299. The van der Waals surface area contributed by atoms with Crippen molar-refractivity contribution in [3.8, 4) is 5.75 Å². The van der Waals surface area contributed by atoms with Gasteiger partial charge in [-0.15, -0.1) is 0 Å². The number of hydrogen-bond donors (Lipinski definition) is 1. The van der Waals surface area contributed by atoms with Gasteiger partial charge >= 0.3 is 6.18 Å². The van der Waals surface area contributed by atoms with Gasteiger partial charge in [0.1, 0.15) is 11.3 Å². The van der Waals surface area contributed by atoms with Crippen LogP contribution in [0.25, 0.3) is 10.8 Å². The Morgan fingerprint density at radius 3 is 2.29 bits per heavy atom. The van der Waals surface area contributed by atoms with Crippen LogP contribution in [0.1, 0.15) is 82.4 Å². The Labute approximate surface area is 207 Å². The van der Waals surface area contributed by atoms with E-state index in [0.717, 1.165) is 70.0 Å². The summed E-state index contributed by atoms with van der Waals surface area (Å²) in [5.41, 5.74) is 0.243. The van der Waals surface area contributed by atoms with Crippen molar-refractivity contribution in [2.24, 2.45) is 11.8 Å². The second-order valence-corrected chi connectivity index (χ2v) is 10.3. The van der Waals surface area contributed by atoms with Gasteiger partial charge < -0.3 is 9.84 Å². The highest BCUT2D eigenvalue weighted by Crippen LogP contribution is 2.44. The molecule has 2 aliphatic rings. The lowest BCUT2D eigenvalue weighted by Gasteiger charge is -2.37. The third-order valence-electron chi connectivity index (χ3n) is 8.17. The molecule has 2 aromatic rings. The monoisotopic (exact) mass is 489 g/mol. The van der Waals surface area contributed by atoms with E-state index in [1.807, 2.05) is 6.07 Å². The minimum Gasteiger partial charge on any atom is -0.513 e. The number of piperidine rings is 1. The molecule has 0 aromatic heterocycles. The van der Waals surface area contributed by atoms with Crippen molar-refractivity contribution < 1.29 is 23.0 Å². The van der Waals surface area contributed by atoms with E-state index in [1.165, 1.54) is 6.07 Å². The van der Waals surface area contributed by atoms with Crippen molar-refractivity contribution in [3.63, 3.8) is 0 Å². The maximum absolute atomic E-state index is 14.4. The number of ether oxygens (including phenoxy) is 1. The fraction of sp³-hybridized carbons (Fsp3) is 0.586. The molecule has 6 heteroatoms. The number of benzene rings is 2. The van der Waals surface area contributed by atoms with Crippen molar-refractivity contribution in [2.75, 3.05) is 13.1 Å². The Hall–Kier alpha value is -2.21. The molecule has 1 N–H and O–H groups in total. The van der Waals surface area contributed by atoms with Gasteiger partial charge in [-0.1, -0.05) is 45.0 Å². The molecule has 1 saturated heterocycles. The molecular formula is C29H38F3NO2. The molecular weight excluding hydrogens is 451 g/mol. The zero-order valence-corrected chi connectivity index (χ0v) is 20.9. The van der Waals surface area contributed by atoms with Gasteiger partial charge in [0, 0.05) is 12.0 Å². The van der Waals surface area contributed by atoms with E-state index in [0.29, 0.717) is 11.3 Å². The average molecular weight is 490 g/mol. The van der Waals surface area contributed by atoms with Crippen LogP contribution in [0.2, 0.25) is 0 Å². The van der Waals surface area contributed by atoms with E-state index in [1.54, 1.807) is 18.2 Å². The number of rotatable bonds is 7. The lowest BCUT2D eigenvalue weighted by molar-refractivity contribution is -0.138. The number of hydrogen-bond acceptors (Lipinski definition) is 3.